The zero-order valence-electron chi connectivity index (χ0n) is 17.3. The summed E-state index contributed by atoms with van der Waals surface area (Å²) in [6.45, 7) is 0.811. The lowest BCUT2D eigenvalue weighted by Gasteiger charge is -2.20. The van der Waals surface area contributed by atoms with Crippen LogP contribution in [0.25, 0.3) is 11.1 Å². The van der Waals surface area contributed by atoms with Gasteiger partial charge in [0.2, 0.25) is 11.9 Å². The fraction of sp³-hybridized carbons (Fsp3) is 0.238. The van der Waals surface area contributed by atoms with Gasteiger partial charge in [-0.15, -0.1) is 0 Å². The molecule has 0 radical (unpaired) electrons. The molecular weight excluding hydrogens is 399 g/mol. The molecule has 0 bridgehead atoms. The molecule has 9 nitrogen and oxygen atoms in total. The summed E-state index contributed by atoms with van der Waals surface area (Å²) >= 11 is 0. The van der Waals surface area contributed by atoms with Gasteiger partial charge in [0, 0.05) is 51.3 Å². The number of rotatable bonds is 8. The third kappa shape index (κ3) is 4.69. The fourth-order valence-electron chi connectivity index (χ4n) is 3.28. The molecule has 2 N–H and O–H groups in total. The van der Waals surface area contributed by atoms with Crippen molar-refractivity contribution in [1.29, 1.82) is 0 Å². The van der Waals surface area contributed by atoms with Crippen molar-refractivity contribution in [3.8, 4) is 11.1 Å². The molecule has 0 atom stereocenters. The molecule has 0 aliphatic heterocycles. The van der Waals surface area contributed by atoms with Crippen LogP contribution >= 0.6 is 0 Å². The van der Waals surface area contributed by atoms with Crippen LogP contribution in [-0.4, -0.2) is 48.1 Å². The number of halogens is 1. The van der Waals surface area contributed by atoms with E-state index < -0.39 is 5.82 Å². The third-order valence-electron chi connectivity index (χ3n) is 4.75. The van der Waals surface area contributed by atoms with Gasteiger partial charge >= 0.3 is 0 Å². The maximum absolute atomic E-state index is 14.5. The molecule has 10 heteroatoms. The summed E-state index contributed by atoms with van der Waals surface area (Å²) in [5, 5.41) is 16.3. The summed E-state index contributed by atoms with van der Waals surface area (Å²) < 4.78 is 18.0. The topological polar surface area (TPSA) is 96.9 Å². The Hall–Kier alpha value is -3.79. The molecular formula is C21H23FN8O. The van der Waals surface area contributed by atoms with Gasteiger partial charge in [0.05, 0.1) is 19.0 Å². The summed E-state index contributed by atoms with van der Waals surface area (Å²) in [6.07, 6.45) is 8.22. The van der Waals surface area contributed by atoms with E-state index in [2.05, 4.69) is 31.4 Å². The first-order valence-corrected chi connectivity index (χ1v) is 9.74. The van der Waals surface area contributed by atoms with E-state index in [0.29, 0.717) is 19.0 Å². The molecule has 0 saturated heterocycles. The maximum atomic E-state index is 14.5. The van der Waals surface area contributed by atoms with Gasteiger partial charge in [-0.3, -0.25) is 10.00 Å². The van der Waals surface area contributed by atoms with E-state index >= 15 is 0 Å². The van der Waals surface area contributed by atoms with Crippen LogP contribution in [0.15, 0.2) is 55.2 Å². The predicted molar refractivity (Wildman–Crippen MR) is 115 cm³/mol. The molecule has 3 heterocycles. The van der Waals surface area contributed by atoms with E-state index in [9.17, 15) is 4.39 Å². The molecule has 4 aromatic rings. The Balaban J connectivity index is 1.53. The highest BCUT2D eigenvalue weighted by molar-refractivity contribution is 5.62. The quantitative estimate of drug-likeness (QED) is 0.450. The number of aromatic nitrogens is 6. The molecule has 0 fully saturated rings. The number of nitrogens with one attached hydrogen (secondary N) is 1. The number of nitrogens with zero attached hydrogens (tertiary/aromatic N) is 7. The lowest BCUT2D eigenvalue weighted by molar-refractivity contribution is 0.277. The molecule has 4 rings (SSSR count). The number of hydrogen-bond acceptors (Lipinski definition) is 7. The van der Waals surface area contributed by atoms with E-state index in [1.54, 1.807) is 33.6 Å². The Labute approximate surface area is 178 Å². The molecule has 0 aliphatic rings. The average molecular weight is 422 g/mol. The molecule has 160 valence electrons. The Morgan fingerprint density at radius 3 is 2.84 bits per heavy atom. The lowest BCUT2D eigenvalue weighted by atomic mass is 10.1. The summed E-state index contributed by atoms with van der Waals surface area (Å²) in [4.78, 5) is 14.2. The molecule has 0 aliphatic carbocycles. The highest BCUT2D eigenvalue weighted by Gasteiger charge is 2.14. The van der Waals surface area contributed by atoms with Crippen molar-refractivity contribution in [3.63, 3.8) is 0 Å². The van der Waals surface area contributed by atoms with E-state index in [-0.39, 0.29) is 18.4 Å². The van der Waals surface area contributed by atoms with Crippen molar-refractivity contribution in [2.75, 3.05) is 23.9 Å². The Morgan fingerprint density at radius 2 is 2.06 bits per heavy atom. The maximum Gasteiger partial charge on any atom is 0.231 e. The predicted octanol–water partition coefficient (Wildman–Crippen LogP) is 2.58. The summed E-state index contributed by atoms with van der Waals surface area (Å²) in [5.41, 5.74) is 3.07. The molecule has 0 saturated carbocycles. The highest BCUT2D eigenvalue weighted by Crippen LogP contribution is 2.23. The van der Waals surface area contributed by atoms with Crippen LogP contribution in [0.4, 0.5) is 22.1 Å². The first-order chi connectivity index (χ1) is 15.0. The fourth-order valence-corrected chi connectivity index (χ4v) is 3.28. The first-order valence-electron chi connectivity index (χ1n) is 9.74. The van der Waals surface area contributed by atoms with Crippen LogP contribution in [0.5, 0.6) is 0 Å². The molecule has 1 aromatic carbocycles. The highest BCUT2D eigenvalue weighted by atomic mass is 19.1. The normalized spacial score (nSPS) is 11.0. The smallest absolute Gasteiger partial charge is 0.231 e. The van der Waals surface area contributed by atoms with Gasteiger partial charge in [-0.2, -0.15) is 10.1 Å². The van der Waals surface area contributed by atoms with E-state index in [1.807, 2.05) is 37.6 Å². The van der Waals surface area contributed by atoms with Crippen LogP contribution in [0.2, 0.25) is 0 Å². The second-order valence-corrected chi connectivity index (χ2v) is 7.12. The molecule has 31 heavy (non-hydrogen) atoms. The van der Waals surface area contributed by atoms with Crippen LogP contribution < -0.4 is 10.2 Å². The first kappa shape index (κ1) is 20.5. The number of benzene rings is 1. The number of aliphatic hydroxyl groups excluding tert-OH is 1. The van der Waals surface area contributed by atoms with Crippen LogP contribution in [0.1, 0.15) is 5.56 Å². The summed E-state index contributed by atoms with van der Waals surface area (Å²) in [5.74, 6) is 0.343. The van der Waals surface area contributed by atoms with Gasteiger partial charge < -0.3 is 14.6 Å². The second-order valence-electron chi connectivity index (χ2n) is 7.12. The summed E-state index contributed by atoms with van der Waals surface area (Å²) in [7, 11) is 3.65. The minimum atomic E-state index is -0.518. The van der Waals surface area contributed by atoms with Crippen molar-refractivity contribution in [2.24, 2.45) is 7.05 Å². The minimum Gasteiger partial charge on any atom is -0.395 e. The van der Waals surface area contributed by atoms with Gasteiger partial charge in [0.1, 0.15) is 0 Å². The van der Waals surface area contributed by atoms with Gasteiger partial charge in [-0.05, 0) is 17.2 Å². The minimum absolute atomic E-state index is 0.0264. The number of hydrogen-bond donors (Lipinski definition) is 2. The zero-order chi connectivity index (χ0) is 21.8. The molecule has 3 aromatic heterocycles. The van der Waals surface area contributed by atoms with Crippen molar-refractivity contribution >= 4 is 17.7 Å². The molecule has 0 spiro atoms. The van der Waals surface area contributed by atoms with Crippen molar-refractivity contribution in [1.82, 2.24) is 29.3 Å². The third-order valence-corrected chi connectivity index (χ3v) is 4.75. The van der Waals surface area contributed by atoms with Gasteiger partial charge in [0.25, 0.3) is 0 Å². The van der Waals surface area contributed by atoms with E-state index in [4.69, 9.17) is 5.11 Å². The largest absolute Gasteiger partial charge is 0.395 e. The lowest BCUT2D eigenvalue weighted by Crippen LogP contribution is -2.20. The number of anilines is 3. The zero-order valence-corrected chi connectivity index (χ0v) is 17.3. The van der Waals surface area contributed by atoms with Gasteiger partial charge in [-0.25, -0.2) is 14.4 Å². The monoisotopic (exact) mass is 422 g/mol. The van der Waals surface area contributed by atoms with Crippen molar-refractivity contribution in [2.45, 2.75) is 13.1 Å². The average Bonchev–Trinajstić information content (AvgIpc) is 3.39. The SMILES string of the molecule is CN(Cc1cccc(-c2cnn(C)c2)c1)c1nc(Nc2nccn2CCO)ncc1F. The Morgan fingerprint density at radius 1 is 1.19 bits per heavy atom. The van der Waals surface area contributed by atoms with E-state index in [0.717, 1.165) is 22.9 Å². The second kappa shape index (κ2) is 8.92. The van der Waals surface area contributed by atoms with Crippen LogP contribution in [-0.2, 0) is 20.1 Å². The standard InChI is InChI=1S/C21H23FN8O/c1-28(13-15-4-3-5-16(10-15)17-11-25-29(2)14-17)19-18(22)12-24-20(26-19)27-21-23-6-7-30(21)8-9-31/h3-7,10-12,14,31H,8-9,13H2,1-2H3,(H,23,24,26,27). The Bertz CT molecular complexity index is 1170. The van der Waals surface area contributed by atoms with Crippen LogP contribution in [0, 0.1) is 5.82 Å². The Kier molecular flexibility index (Phi) is 5.89. The van der Waals surface area contributed by atoms with Gasteiger partial charge in [0.15, 0.2) is 11.6 Å². The van der Waals surface area contributed by atoms with Crippen molar-refractivity contribution in [3.05, 3.63) is 66.6 Å². The van der Waals surface area contributed by atoms with Crippen LogP contribution in [0.3, 0.4) is 0 Å². The molecule has 0 unspecified atom stereocenters. The summed E-state index contributed by atoms with van der Waals surface area (Å²) in [6, 6.07) is 8.02. The van der Waals surface area contributed by atoms with Crippen molar-refractivity contribution < 1.29 is 9.50 Å². The van der Waals surface area contributed by atoms with E-state index in [1.165, 1.54) is 0 Å². The number of aryl methyl sites for hydroxylation is 1. The van der Waals surface area contributed by atoms with Gasteiger partial charge in [-0.1, -0.05) is 18.2 Å². The molecule has 0 amide bonds. The number of imidazole rings is 1. The number of aliphatic hydroxyl groups is 1.